The lowest BCUT2D eigenvalue weighted by atomic mass is 10.2. The second kappa shape index (κ2) is 8.10. The van der Waals surface area contributed by atoms with Gasteiger partial charge in [0, 0.05) is 18.3 Å². The second-order valence-corrected chi connectivity index (χ2v) is 5.69. The van der Waals surface area contributed by atoms with Crippen LogP contribution >= 0.6 is 0 Å². The van der Waals surface area contributed by atoms with Crippen LogP contribution in [0.4, 0.5) is 5.69 Å². The number of nitrogens with one attached hydrogen (secondary N) is 2. The molecule has 0 saturated heterocycles. The molecule has 0 spiro atoms. The molecule has 0 unspecified atom stereocenters. The number of carbonyl (C=O) groups excluding carboxylic acids is 2. The molecule has 0 aliphatic heterocycles. The average Bonchev–Trinajstić information content (AvgIpc) is 2.60. The van der Waals surface area contributed by atoms with Crippen molar-refractivity contribution in [2.24, 2.45) is 5.92 Å². The van der Waals surface area contributed by atoms with Gasteiger partial charge in [0.2, 0.25) is 0 Å². The van der Waals surface area contributed by atoms with Gasteiger partial charge in [0.05, 0.1) is 12.8 Å². The number of anilines is 1. The van der Waals surface area contributed by atoms with Gasteiger partial charge in [-0.05, 0) is 30.2 Å². The minimum Gasteiger partial charge on any atom is -0.495 e. The number of aromatic nitrogens is 1. The van der Waals surface area contributed by atoms with E-state index in [9.17, 15) is 9.59 Å². The molecular weight excluding hydrogens is 306 g/mol. The van der Waals surface area contributed by atoms with Gasteiger partial charge in [0.15, 0.2) is 0 Å². The Morgan fingerprint density at radius 2 is 1.92 bits per heavy atom. The van der Waals surface area contributed by atoms with Gasteiger partial charge in [-0.2, -0.15) is 0 Å². The van der Waals surface area contributed by atoms with Gasteiger partial charge in [0.1, 0.15) is 11.4 Å². The molecule has 126 valence electrons. The largest absolute Gasteiger partial charge is 0.495 e. The standard InChI is InChI=1S/C18H21N3O3/c1-12(2)11-20-17(22)13-8-9-19-15(10-13)18(23)21-14-6-4-5-7-16(14)24-3/h4-10,12H,11H2,1-3H3,(H,20,22)(H,21,23). The van der Waals surface area contributed by atoms with E-state index in [1.165, 1.54) is 19.4 Å². The number of benzene rings is 1. The monoisotopic (exact) mass is 327 g/mol. The summed E-state index contributed by atoms with van der Waals surface area (Å²) in [5, 5.41) is 5.55. The zero-order chi connectivity index (χ0) is 17.5. The zero-order valence-electron chi connectivity index (χ0n) is 14.0. The van der Waals surface area contributed by atoms with Crippen LogP contribution in [0.3, 0.4) is 0 Å². The van der Waals surface area contributed by atoms with Crippen molar-refractivity contribution in [2.75, 3.05) is 19.0 Å². The lowest BCUT2D eigenvalue weighted by Gasteiger charge is -2.10. The third-order valence-electron chi connectivity index (χ3n) is 3.28. The fraction of sp³-hybridized carbons (Fsp3) is 0.278. The Balaban J connectivity index is 2.13. The smallest absolute Gasteiger partial charge is 0.274 e. The molecule has 1 aromatic carbocycles. The van der Waals surface area contributed by atoms with Gasteiger partial charge in [0.25, 0.3) is 11.8 Å². The van der Waals surface area contributed by atoms with Crippen molar-refractivity contribution in [1.29, 1.82) is 0 Å². The normalized spacial score (nSPS) is 10.3. The van der Waals surface area contributed by atoms with E-state index in [0.29, 0.717) is 29.5 Å². The summed E-state index contributed by atoms with van der Waals surface area (Å²) in [6.07, 6.45) is 1.45. The van der Waals surface area contributed by atoms with Crippen LogP contribution < -0.4 is 15.4 Å². The summed E-state index contributed by atoms with van der Waals surface area (Å²) >= 11 is 0. The Morgan fingerprint density at radius 3 is 2.62 bits per heavy atom. The van der Waals surface area contributed by atoms with E-state index in [0.717, 1.165) is 0 Å². The predicted molar refractivity (Wildman–Crippen MR) is 92.4 cm³/mol. The fourth-order valence-electron chi connectivity index (χ4n) is 2.03. The fourth-order valence-corrected chi connectivity index (χ4v) is 2.03. The molecular formula is C18H21N3O3. The van der Waals surface area contributed by atoms with Crippen LogP contribution in [-0.4, -0.2) is 30.5 Å². The number of methoxy groups -OCH3 is 1. The number of amides is 2. The van der Waals surface area contributed by atoms with Crippen molar-refractivity contribution in [3.8, 4) is 5.75 Å². The topological polar surface area (TPSA) is 80.3 Å². The number of nitrogens with zero attached hydrogens (tertiary/aromatic N) is 1. The lowest BCUT2D eigenvalue weighted by Crippen LogP contribution is -2.27. The number of pyridine rings is 1. The average molecular weight is 327 g/mol. The summed E-state index contributed by atoms with van der Waals surface area (Å²) in [5.41, 5.74) is 1.11. The van der Waals surface area contributed by atoms with E-state index in [1.54, 1.807) is 24.3 Å². The summed E-state index contributed by atoms with van der Waals surface area (Å²) in [6, 6.07) is 10.1. The van der Waals surface area contributed by atoms with Crippen molar-refractivity contribution in [1.82, 2.24) is 10.3 Å². The predicted octanol–water partition coefficient (Wildman–Crippen LogP) is 2.73. The van der Waals surface area contributed by atoms with Gasteiger partial charge < -0.3 is 15.4 Å². The van der Waals surface area contributed by atoms with E-state index in [-0.39, 0.29) is 11.6 Å². The van der Waals surface area contributed by atoms with Crippen LogP contribution in [0.2, 0.25) is 0 Å². The highest BCUT2D eigenvalue weighted by atomic mass is 16.5. The Kier molecular flexibility index (Phi) is 5.89. The lowest BCUT2D eigenvalue weighted by molar-refractivity contribution is 0.0949. The quantitative estimate of drug-likeness (QED) is 0.855. The Bertz CT molecular complexity index is 729. The molecule has 0 fully saturated rings. The molecule has 6 heteroatoms. The van der Waals surface area contributed by atoms with Gasteiger partial charge in [-0.15, -0.1) is 0 Å². The highest BCUT2D eigenvalue weighted by molar-refractivity contribution is 6.05. The molecule has 0 atom stereocenters. The second-order valence-electron chi connectivity index (χ2n) is 5.69. The number of para-hydroxylation sites is 2. The van der Waals surface area contributed by atoms with Crippen molar-refractivity contribution in [3.05, 3.63) is 53.9 Å². The molecule has 1 aromatic heterocycles. The van der Waals surface area contributed by atoms with E-state index >= 15 is 0 Å². The van der Waals surface area contributed by atoms with Crippen molar-refractivity contribution in [3.63, 3.8) is 0 Å². The number of carbonyl (C=O) groups is 2. The van der Waals surface area contributed by atoms with Crippen molar-refractivity contribution in [2.45, 2.75) is 13.8 Å². The highest BCUT2D eigenvalue weighted by Crippen LogP contribution is 2.23. The van der Waals surface area contributed by atoms with Gasteiger partial charge >= 0.3 is 0 Å². The van der Waals surface area contributed by atoms with Gasteiger partial charge in [-0.1, -0.05) is 26.0 Å². The first-order chi connectivity index (χ1) is 11.5. The van der Waals surface area contributed by atoms with E-state index in [2.05, 4.69) is 15.6 Å². The molecule has 24 heavy (non-hydrogen) atoms. The van der Waals surface area contributed by atoms with Gasteiger partial charge in [-0.25, -0.2) is 0 Å². The minimum absolute atomic E-state index is 0.165. The van der Waals surface area contributed by atoms with Crippen LogP contribution in [-0.2, 0) is 0 Å². The van der Waals surface area contributed by atoms with Crippen molar-refractivity contribution >= 4 is 17.5 Å². The molecule has 2 rings (SSSR count). The molecule has 0 aliphatic carbocycles. The zero-order valence-corrected chi connectivity index (χ0v) is 14.0. The summed E-state index contributed by atoms with van der Waals surface area (Å²) in [6.45, 7) is 4.60. The summed E-state index contributed by atoms with van der Waals surface area (Å²) < 4.78 is 5.20. The minimum atomic E-state index is -0.405. The summed E-state index contributed by atoms with van der Waals surface area (Å²) in [4.78, 5) is 28.5. The molecule has 0 bridgehead atoms. The first-order valence-electron chi connectivity index (χ1n) is 7.70. The third kappa shape index (κ3) is 4.55. The van der Waals surface area contributed by atoms with Gasteiger partial charge in [-0.3, -0.25) is 14.6 Å². The number of rotatable bonds is 6. The molecule has 0 aliphatic rings. The maximum Gasteiger partial charge on any atom is 0.274 e. The van der Waals surface area contributed by atoms with E-state index in [4.69, 9.17) is 4.74 Å². The van der Waals surface area contributed by atoms with Crippen LogP contribution in [0, 0.1) is 5.92 Å². The Hall–Kier alpha value is -2.89. The highest BCUT2D eigenvalue weighted by Gasteiger charge is 2.13. The van der Waals surface area contributed by atoms with Crippen LogP contribution in [0.1, 0.15) is 34.7 Å². The third-order valence-corrected chi connectivity index (χ3v) is 3.28. The maximum atomic E-state index is 12.4. The van der Waals surface area contributed by atoms with Crippen molar-refractivity contribution < 1.29 is 14.3 Å². The number of hydrogen-bond donors (Lipinski definition) is 2. The first-order valence-corrected chi connectivity index (χ1v) is 7.70. The molecule has 2 N–H and O–H groups in total. The van der Waals surface area contributed by atoms with Crippen LogP contribution in [0.15, 0.2) is 42.6 Å². The molecule has 1 heterocycles. The first kappa shape index (κ1) is 17.5. The summed E-state index contributed by atoms with van der Waals surface area (Å²) in [5.74, 6) is 0.274. The number of ether oxygens (including phenoxy) is 1. The van der Waals surface area contributed by atoms with E-state index < -0.39 is 5.91 Å². The molecule has 0 radical (unpaired) electrons. The molecule has 6 nitrogen and oxygen atoms in total. The van der Waals surface area contributed by atoms with E-state index in [1.807, 2.05) is 19.9 Å². The Labute approximate surface area is 141 Å². The SMILES string of the molecule is COc1ccccc1NC(=O)c1cc(C(=O)NCC(C)C)ccn1. The molecule has 2 aromatic rings. The molecule has 0 saturated carbocycles. The van der Waals surface area contributed by atoms with Crippen LogP contribution in [0.25, 0.3) is 0 Å². The number of hydrogen-bond acceptors (Lipinski definition) is 4. The molecule has 2 amide bonds. The summed E-state index contributed by atoms with van der Waals surface area (Å²) in [7, 11) is 1.53. The van der Waals surface area contributed by atoms with Crippen LogP contribution in [0.5, 0.6) is 5.75 Å². The Morgan fingerprint density at radius 1 is 1.17 bits per heavy atom. The maximum absolute atomic E-state index is 12.4.